The van der Waals surface area contributed by atoms with E-state index in [1.165, 1.54) is 0 Å². The number of halogens is 1. The summed E-state index contributed by atoms with van der Waals surface area (Å²) in [5.41, 5.74) is 0.971. The first-order chi connectivity index (χ1) is 11.2. The molecule has 2 aliphatic heterocycles. The molecule has 2 saturated heterocycles. The van der Waals surface area contributed by atoms with E-state index in [0.29, 0.717) is 17.9 Å². The maximum absolute atomic E-state index is 12.6. The van der Waals surface area contributed by atoms with Gasteiger partial charge < -0.3 is 19.7 Å². The van der Waals surface area contributed by atoms with Crippen LogP contribution in [0.15, 0.2) is 18.2 Å². The number of nitrogens with one attached hydrogen (secondary N) is 1. The van der Waals surface area contributed by atoms with Gasteiger partial charge in [0, 0.05) is 13.1 Å². The average Bonchev–Trinajstić information content (AvgIpc) is 2.92. The zero-order chi connectivity index (χ0) is 16.2. The molecule has 2 heterocycles. The van der Waals surface area contributed by atoms with Gasteiger partial charge in [0.2, 0.25) is 5.91 Å². The highest BCUT2D eigenvalue weighted by atomic mass is 35.5. The van der Waals surface area contributed by atoms with Crippen molar-refractivity contribution >= 4 is 18.3 Å². The number of ether oxygens (including phenoxy) is 2. The predicted molar refractivity (Wildman–Crippen MR) is 96.2 cm³/mol. The number of benzene rings is 1. The topological polar surface area (TPSA) is 50.8 Å². The Balaban J connectivity index is 0.00000208. The van der Waals surface area contributed by atoms with Gasteiger partial charge >= 0.3 is 0 Å². The van der Waals surface area contributed by atoms with Gasteiger partial charge in [-0.15, -0.1) is 12.4 Å². The van der Waals surface area contributed by atoms with Crippen molar-refractivity contribution in [2.24, 2.45) is 11.8 Å². The Morgan fingerprint density at radius 2 is 1.75 bits per heavy atom. The molecule has 134 valence electrons. The van der Waals surface area contributed by atoms with Crippen LogP contribution < -0.4 is 14.8 Å². The maximum atomic E-state index is 12.6. The van der Waals surface area contributed by atoms with Crippen LogP contribution in [0.4, 0.5) is 0 Å². The van der Waals surface area contributed by atoms with E-state index in [1.54, 1.807) is 14.2 Å². The number of amides is 1. The van der Waals surface area contributed by atoms with Gasteiger partial charge in [0.1, 0.15) is 0 Å². The molecule has 6 heteroatoms. The summed E-state index contributed by atoms with van der Waals surface area (Å²) in [5, 5.41) is 3.47. The summed E-state index contributed by atoms with van der Waals surface area (Å²) in [4.78, 5) is 14.7. The molecule has 0 aromatic heterocycles. The van der Waals surface area contributed by atoms with Crippen LogP contribution in [0.5, 0.6) is 11.5 Å². The van der Waals surface area contributed by atoms with Crippen LogP contribution in [0.25, 0.3) is 0 Å². The second-order valence-corrected chi connectivity index (χ2v) is 6.50. The number of rotatable bonds is 4. The van der Waals surface area contributed by atoms with Gasteiger partial charge in [-0.1, -0.05) is 6.07 Å². The lowest BCUT2D eigenvalue weighted by Gasteiger charge is -2.21. The van der Waals surface area contributed by atoms with Gasteiger partial charge in [0.05, 0.1) is 20.6 Å². The predicted octanol–water partition coefficient (Wildman–Crippen LogP) is 2.13. The first-order valence-electron chi connectivity index (χ1n) is 8.40. The molecule has 24 heavy (non-hydrogen) atoms. The first-order valence-corrected chi connectivity index (χ1v) is 8.40. The van der Waals surface area contributed by atoms with Gasteiger partial charge in [-0.25, -0.2) is 0 Å². The Labute approximate surface area is 150 Å². The van der Waals surface area contributed by atoms with Crippen molar-refractivity contribution in [3.8, 4) is 11.5 Å². The summed E-state index contributed by atoms with van der Waals surface area (Å²) in [6, 6.07) is 5.70. The van der Waals surface area contributed by atoms with Gasteiger partial charge in [0.25, 0.3) is 0 Å². The normalized spacial score (nSPS) is 23.0. The first kappa shape index (κ1) is 18.9. The Morgan fingerprint density at radius 1 is 1.12 bits per heavy atom. The number of hydrogen-bond acceptors (Lipinski definition) is 4. The maximum Gasteiger partial charge on any atom is 0.226 e. The van der Waals surface area contributed by atoms with E-state index >= 15 is 0 Å². The molecule has 3 rings (SSSR count). The molecule has 0 saturated carbocycles. The fraction of sp³-hybridized carbons (Fsp3) is 0.611. The molecule has 0 bridgehead atoms. The number of carbonyl (C=O) groups is 1. The molecule has 0 spiro atoms. The Bertz CT molecular complexity index is 553. The van der Waals surface area contributed by atoms with Gasteiger partial charge in [-0.05, 0) is 55.5 Å². The second kappa shape index (κ2) is 8.58. The second-order valence-electron chi connectivity index (χ2n) is 6.50. The SMILES string of the molecule is COc1ccc(CC(=O)N2CC[C@@H]3CNC[C@@H]3CC2)cc1OC.Cl. The lowest BCUT2D eigenvalue weighted by Crippen LogP contribution is -2.33. The molecular weight excluding hydrogens is 328 g/mol. The Hall–Kier alpha value is -1.46. The van der Waals surface area contributed by atoms with Crippen molar-refractivity contribution in [3.05, 3.63) is 23.8 Å². The van der Waals surface area contributed by atoms with Crippen molar-refractivity contribution in [1.29, 1.82) is 0 Å². The van der Waals surface area contributed by atoms with Crippen molar-refractivity contribution in [2.45, 2.75) is 19.3 Å². The molecule has 0 aliphatic carbocycles. The molecule has 1 aromatic rings. The summed E-state index contributed by atoms with van der Waals surface area (Å²) < 4.78 is 10.6. The summed E-state index contributed by atoms with van der Waals surface area (Å²) in [7, 11) is 3.23. The van der Waals surface area contributed by atoms with E-state index in [-0.39, 0.29) is 18.3 Å². The number of fused-ring (bicyclic) bond motifs is 1. The minimum atomic E-state index is 0. The number of methoxy groups -OCH3 is 2. The monoisotopic (exact) mass is 354 g/mol. The number of nitrogens with zero attached hydrogens (tertiary/aromatic N) is 1. The minimum Gasteiger partial charge on any atom is -0.493 e. The average molecular weight is 355 g/mol. The van der Waals surface area contributed by atoms with Crippen LogP contribution in [0.2, 0.25) is 0 Å². The van der Waals surface area contributed by atoms with Gasteiger partial charge in [-0.2, -0.15) is 0 Å². The van der Waals surface area contributed by atoms with E-state index in [1.807, 2.05) is 23.1 Å². The van der Waals surface area contributed by atoms with Gasteiger partial charge in [-0.3, -0.25) is 4.79 Å². The van der Waals surface area contributed by atoms with Crippen molar-refractivity contribution in [2.75, 3.05) is 40.4 Å². The van der Waals surface area contributed by atoms with E-state index in [2.05, 4.69) is 5.32 Å². The molecule has 2 atom stereocenters. The molecule has 1 N–H and O–H groups in total. The molecule has 2 fully saturated rings. The van der Waals surface area contributed by atoms with Crippen LogP contribution >= 0.6 is 12.4 Å². The minimum absolute atomic E-state index is 0. The lowest BCUT2D eigenvalue weighted by molar-refractivity contribution is -0.130. The highest BCUT2D eigenvalue weighted by Crippen LogP contribution is 2.29. The van der Waals surface area contributed by atoms with E-state index in [9.17, 15) is 4.79 Å². The van der Waals surface area contributed by atoms with Gasteiger partial charge in [0.15, 0.2) is 11.5 Å². The Kier molecular flexibility index (Phi) is 6.75. The molecule has 5 nitrogen and oxygen atoms in total. The Morgan fingerprint density at radius 3 is 2.33 bits per heavy atom. The van der Waals surface area contributed by atoms with Crippen LogP contribution in [-0.4, -0.2) is 51.2 Å². The smallest absolute Gasteiger partial charge is 0.226 e. The third-order valence-electron chi connectivity index (χ3n) is 5.18. The van der Waals surface area contributed by atoms with Crippen molar-refractivity contribution in [1.82, 2.24) is 10.2 Å². The fourth-order valence-electron chi connectivity index (χ4n) is 3.74. The zero-order valence-electron chi connectivity index (χ0n) is 14.4. The summed E-state index contributed by atoms with van der Waals surface area (Å²) >= 11 is 0. The van der Waals surface area contributed by atoms with Crippen LogP contribution in [0.1, 0.15) is 18.4 Å². The molecule has 1 aromatic carbocycles. The quantitative estimate of drug-likeness (QED) is 0.900. The highest BCUT2D eigenvalue weighted by molar-refractivity contribution is 5.85. The standard InChI is InChI=1S/C18H26N2O3.ClH/c1-22-16-4-3-13(9-17(16)23-2)10-18(21)20-7-5-14-11-19-12-15(14)6-8-20;/h3-4,9,14-15,19H,5-8,10-12H2,1-2H3;1H/t14-,15+;. The molecule has 2 aliphatic rings. The van der Waals surface area contributed by atoms with Crippen molar-refractivity contribution in [3.63, 3.8) is 0 Å². The fourth-order valence-corrected chi connectivity index (χ4v) is 3.74. The summed E-state index contributed by atoms with van der Waals surface area (Å²) in [5.74, 6) is 3.07. The van der Waals surface area contributed by atoms with Crippen molar-refractivity contribution < 1.29 is 14.3 Å². The number of carbonyl (C=O) groups excluding carboxylic acids is 1. The number of likely N-dealkylation sites (tertiary alicyclic amines) is 1. The van der Waals surface area contributed by atoms with Crippen LogP contribution in [0.3, 0.4) is 0 Å². The zero-order valence-corrected chi connectivity index (χ0v) is 15.2. The third kappa shape index (κ3) is 4.14. The van der Waals surface area contributed by atoms with E-state index in [4.69, 9.17) is 9.47 Å². The lowest BCUT2D eigenvalue weighted by atomic mass is 9.92. The van der Waals surface area contributed by atoms with Crippen LogP contribution in [-0.2, 0) is 11.2 Å². The molecule has 0 unspecified atom stereocenters. The molecular formula is C18H27ClN2O3. The van der Waals surface area contributed by atoms with Crippen LogP contribution in [0, 0.1) is 11.8 Å². The largest absolute Gasteiger partial charge is 0.493 e. The summed E-state index contributed by atoms with van der Waals surface area (Å²) in [6.45, 7) is 3.99. The highest BCUT2D eigenvalue weighted by Gasteiger charge is 2.31. The molecule has 0 radical (unpaired) electrons. The summed E-state index contributed by atoms with van der Waals surface area (Å²) in [6.07, 6.45) is 2.67. The van der Waals surface area contributed by atoms with E-state index in [0.717, 1.165) is 56.4 Å². The van der Waals surface area contributed by atoms with E-state index < -0.39 is 0 Å². The number of hydrogen-bond donors (Lipinski definition) is 1. The molecule has 1 amide bonds. The third-order valence-corrected chi connectivity index (χ3v) is 5.18.